The largest absolute Gasteiger partial charge is 0.0629 e. The van der Waals surface area contributed by atoms with Crippen LogP contribution in [0, 0.1) is 12.8 Å². The molecule has 0 bridgehead atoms. The van der Waals surface area contributed by atoms with Crippen molar-refractivity contribution in [2.75, 3.05) is 0 Å². The summed E-state index contributed by atoms with van der Waals surface area (Å²) < 4.78 is 0. The molecule has 0 amide bonds. The molecule has 0 nitrogen and oxygen atoms in total. The SMILES string of the molecule is CC1=C(C)C(C)C(c2ccccc2C)=C1C. The predicted octanol–water partition coefficient (Wildman–Crippen LogP) is 4.75. The number of benzene rings is 1. The number of hydrogen-bond donors (Lipinski definition) is 0. The highest BCUT2D eigenvalue weighted by Crippen LogP contribution is 2.42. The fourth-order valence-corrected chi connectivity index (χ4v) is 2.67. The Labute approximate surface area is 98.7 Å². The molecule has 2 rings (SSSR count). The summed E-state index contributed by atoms with van der Waals surface area (Å²) in [6, 6.07) is 8.70. The third-order valence-electron chi connectivity index (χ3n) is 4.08. The lowest BCUT2D eigenvalue weighted by atomic mass is 9.89. The molecule has 0 aromatic heterocycles. The lowest BCUT2D eigenvalue weighted by Gasteiger charge is -2.15. The van der Waals surface area contributed by atoms with E-state index in [4.69, 9.17) is 0 Å². The van der Waals surface area contributed by atoms with Crippen molar-refractivity contribution < 1.29 is 0 Å². The molecule has 1 aliphatic carbocycles. The molecule has 1 unspecified atom stereocenters. The van der Waals surface area contributed by atoms with Gasteiger partial charge in [0.2, 0.25) is 0 Å². The Morgan fingerprint density at radius 2 is 1.50 bits per heavy atom. The molecule has 0 fully saturated rings. The van der Waals surface area contributed by atoms with Gasteiger partial charge in [0.25, 0.3) is 0 Å². The van der Waals surface area contributed by atoms with E-state index in [0.29, 0.717) is 5.92 Å². The highest BCUT2D eigenvalue weighted by atomic mass is 14.3. The minimum atomic E-state index is 0.570. The van der Waals surface area contributed by atoms with Gasteiger partial charge in [0.05, 0.1) is 0 Å². The maximum Gasteiger partial charge on any atom is 0.00316 e. The Bertz CT molecular complexity index is 487. The van der Waals surface area contributed by atoms with Gasteiger partial charge in [-0.1, -0.05) is 36.8 Å². The Morgan fingerprint density at radius 1 is 0.875 bits per heavy atom. The van der Waals surface area contributed by atoms with Crippen molar-refractivity contribution in [3.05, 3.63) is 52.1 Å². The summed E-state index contributed by atoms with van der Waals surface area (Å²) in [5, 5.41) is 0. The molecule has 1 aromatic rings. The van der Waals surface area contributed by atoms with Crippen LogP contribution in [0.1, 0.15) is 38.8 Å². The minimum absolute atomic E-state index is 0.570. The molecule has 0 spiro atoms. The second kappa shape index (κ2) is 3.93. The Hall–Kier alpha value is -1.30. The third kappa shape index (κ3) is 1.53. The molecule has 1 aliphatic rings. The first-order valence-corrected chi connectivity index (χ1v) is 5.98. The zero-order valence-corrected chi connectivity index (χ0v) is 10.9. The molecule has 1 atom stereocenters. The summed E-state index contributed by atoms with van der Waals surface area (Å²) in [5.41, 5.74) is 8.80. The van der Waals surface area contributed by atoms with Crippen LogP contribution >= 0.6 is 0 Å². The summed E-state index contributed by atoms with van der Waals surface area (Å²) in [6.45, 7) is 11.3. The van der Waals surface area contributed by atoms with Crippen LogP contribution < -0.4 is 0 Å². The molecular formula is C16H20. The number of aryl methyl sites for hydroxylation is 1. The van der Waals surface area contributed by atoms with E-state index < -0.39 is 0 Å². The molecule has 0 saturated carbocycles. The summed E-state index contributed by atoms with van der Waals surface area (Å²) in [7, 11) is 0. The monoisotopic (exact) mass is 212 g/mol. The first-order chi connectivity index (χ1) is 7.54. The van der Waals surface area contributed by atoms with E-state index in [0.717, 1.165) is 0 Å². The smallest absolute Gasteiger partial charge is 0.00316 e. The lowest BCUT2D eigenvalue weighted by Crippen LogP contribution is -1.98. The Morgan fingerprint density at radius 3 is 2.00 bits per heavy atom. The van der Waals surface area contributed by atoms with E-state index >= 15 is 0 Å². The van der Waals surface area contributed by atoms with Crippen LogP contribution in [-0.4, -0.2) is 0 Å². The van der Waals surface area contributed by atoms with Crippen molar-refractivity contribution in [2.24, 2.45) is 5.92 Å². The minimum Gasteiger partial charge on any atom is -0.0629 e. The highest BCUT2D eigenvalue weighted by molar-refractivity contribution is 5.80. The van der Waals surface area contributed by atoms with E-state index in [1.807, 2.05) is 0 Å². The van der Waals surface area contributed by atoms with Crippen molar-refractivity contribution in [3.63, 3.8) is 0 Å². The Kier molecular flexibility index (Phi) is 2.75. The standard InChI is InChI=1S/C16H20/c1-10-8-6-7-9-15(10)16-13(4)11(2)12(3)14(16)5/h6-9,13H,1-5H3. The lowest BCUT2D eigenvalue weighted by molar-refractivity contribution is 0.893. The molecule has 16 heavy (non-hydrogen) atoms. The first-order valence-electron chi connectivity index (χ1n) is 5.98. The Balaban J connectivity index is 2.57. The zero-order chi connectivity index (χ0) is 11.9. The van der Waals surface area contributed by atoms with E-state index in [2.05, 4.69) is 58.9 Å². The van der Waals surface area contributed by atoms with E-state index in [1.165, 1.54) is 33.4 Å². The molecular weight excluding hydrogens is 192 g/mol. The first kappa shape index (κ1) is 11.2. The predicted molar refractivity (Wildman–Crippen MR) is 71.3 cm³/mol. The average Bonchev–Trinajstić information content (AvgIpc) is 2.45. The van der Waals surface area contributed by atoms with Crippen LogP contribution in [0.3, 0.4) is 0 Å². The van der Waals surface area contributed by atoms with Crippen LogP contribution in [-0.2, 0) is 0 Å². The van der Waals surface area contributed by atoms with Gasteiger partial charge in [-0.25, -0.2) is 0 Å². The van der Waals surface area contributed by atoms with Gasteiger partial charge in [0.1, 0.15) is 0 Å². The molecule has 0 aliphatic heterocycles. The quantitative estimate of drug-likeness (QED) is 0.630. The zero-order valence-electron chi connectivity index (χ0n) is 10.9. The average molecular weight is 212 g/mol. The van der Waals surface area contributed by atoms with Crippen LogP contribution in [0.5, 0.6) is 0 Å². The fraction of sp³-hybridized carbons (Fsp3) is 0.375. The van der Waals surface area contributed by atoms with Gasteiger partial charge in [-0.15, -0.1) is 0 Å². The number of allylic oxidation sites excluding steroid dienone is 4. The second-order valence-corrected chi connectivity index (χ2v) is 4.88. The molecule has 0 radical (unpaired) electrons. The van der Waals surface area contributed by atoms with Crippen LogP contribution in [0.4, 0.5) is 0 Å². The van der Waals surface area contributed by atoms with Crippen LogP contribution in [0.15, 0.2) is 41.0 Å². The topological polar surface area (TPSA) is 0 Å². The number of rotatable bonds is 1. The summed E-state index contributed by atoms with van der Waals surface area (Å²) >= 11 is 0. The van der Waals surface area contributed by atoms with Gasteiger partial charge in [0.15, 0.2) is 0 Å². The summed E-state index contributed by atoms with van der Waals surface area (Å²) in [5.74, 6) is 0.570. The maximum absolute atomic E-state index is 2.32. The molecule has 0 heterocycles. The molecule has 84 valence electrons. The fourth-order valence-electron chi connectivity index (χ4n) is 2.67. The van der Waals surface area contributed by atoms with Gasteiger partial charge in [-0.05, 0) is 55.5 Å². The number of hydrogen-bond acceptors (Lipinski definition) is 0. The van der Waals surface area contributed by atoms with Gasteiger partial charge < -0.3 is 0 Å². The van der Waals surface area contributed by atoms with Crippen molar-refractivity contribution in [3.8, 4) is 0 Å². The summed E-state index contributed by atoms with van der Waals surface area (Å²) in [6.07, 6.45) is 0. The van der Waals surface area contributed by atoms with Gasteiger partial charge in [-0.2, -0.15) is 0 Å². The van der Waals surface area contributed by atoms with Gasteiger partial charge in [-0.3, -0.25) is 0 Å². The molecule has 1 aromatic carbocycles. The van der Waals surface area contributed by atoms with E-state index in [-0.39, 0.29) is 0 Å². The third-order valence-corrected chi connectivity index (χ3v) is 4.08. The maximum atomic E-state index is 2.32. The van der Waals surface area contributed by atoms with Crippen molar-refractivity contribution >= 4 is 5.57 Å². The molecule has 0 saturated heterocycles. The van der Waals surface area contributed by atoms with E-state index in [9.17, 15) is 0 Å². The second-order valence-electron chi connectivity index (χ2n) is 4.88. The van der Waals surface area contributed by atoms with Crippen molar-refractivity contribution in [1.82, 2.24) is 0 Å². The van der Waals surface area contributed by atoms with E-state index in [1.54, 1.807) is 0 Å². The van der Waals surface area contributed by atoms with Crippen LogP contribution in [0.25, 0.3) is 5.57 Å². The van der Waals surface area contributed by atoms with Crippen molar-refractivity contribution in [1.29, 1.82) is 0 Å². The van der Waals surface area contributed by atoms with Gasteiger partial charge in [0, 0.05) is 5.92 Å². The van der Waals surface area contributed by atoms with Gasteiger partial charge >= 0.3 is 0 Å². The summed E-state index contributed by atoms with van der Waals surface area (Å²) in [4.78, 5) is 0. The molecule has 0 N–H and O–H groups in total. The highest BCUT2D eigenvalue weighted by Gasteiger charge is 2.25. The normalized spacial score (nSPS) is 20.9. The molecule has 0 heteroatoms. The van der Waals surface area contributed by atoms with Crippen LogP contribution in [0.2, 0.25) is 0 Å². The van der Waals surface area contributed by atoms with Crippen molar-refractivity contribution in [2.45, 2.75) is 34.6 Å².